The first-order chi connectivity index (χ1) is 10.8. The first kappa shape index (κ1) is 15.1. The van der Waals surface area contributed by atoms with Gasteiger partial charge in [0.15, 0.2) is 11.2 Å². The maximum absolute atomic E-state index is 12.4. The Morgan fingerprint density at radius 2 is 2.18 bits per heavy atom. The second-order valence-electron chi connectivity index (χ2n) is 5.73. The van der Waals surface area contributed by atoms with Gasteiger partial charge in [-0.1, -0.05) is 0 Å². The summed E-state index contributed by atoms with van der Waals surface area (Å²) in [5, 5.41) is 0. The molecule has 3 rings (SSSR count). The molecule has 3 heterocycles. The van der Waals surface area contributed by atoms with Crippen LogP contribution in [0.4, 0.5) is 0 Å². The maximum atomic E-state index is 12.4. The first-order valence-electron chi connectivity index (χ1n) is 7.65. The third kappa shape index (κ3) is 3.31. The Bertz CT molecular complexity index is 687. The van der Waals surface area contributed by atoms with Crippen LogP contribution in [0.5, 0.6) is 0 Å². The molecule has 0 saturated carbocycles. The molecular formula is C15H21N5O2. The van der Waals surface area contributed by atoms with Gasteiger partial charge in [-0.2, -0.15) is 0 Å². The van der Waals surface area contributed by atoms with E-state index in [9.17, 15) is 4.79 Å². The largest absolute Gasteiger partial charge is 0.383 e. The van der Waals surface area contributed by atoms with Gasteiger partial charge in [-0.05, 0) is 25.3 Å². The van der Waals surface area contributed by atoms with Crippen molar-refractivity contribution in [3.63, 3.8) is 0 Å². The van der Waals surface area contributed by atoms with Gasteiger partial charge in [0.25, 0.3) is 5.56 Å². The fourth-order valence-corrected chi connectivity index (χ4v) is 3.02. The summed E-state index contributed by atoms with van der Waals surface area (Å²) in [6.07, 6.45) is 6.96. The number of likely N-dealkylation sites (tertiary alicyclic amines) is 1. The molecule has 1 aliphatic heterocycles. The van der Waals surface area contributed by atoms with Crippen LogP contribution in [0.15, 0.2) is 23.5 Å². The van der Waals surface area contributed by atoms with E-state index in [-0.39, 0.29) is 5.56 Å². The molecule has 0 aliphatic carbocycles. The summed E-state index contributed by atoms with van der Waals surface area (Å²) in [5.74, 6) is 0.458. The zero-order valence-corrected chi connectivity index (χ0v) is 12.8. The smallest absolute Gasteiger partial charge is 0.281 e. The van der Waals surface area contributed by atoms with Crippen molar-refractivity contribution in [2.75, 3.05) is 33.4 Å². The van der Waals surface area contributed by atoms with Crippen molar-refractivity contribution in [2.24, 2.45) is 5.92 Å². The van der Waals surface area contributed by atoms with Gasteiger partial charge in [-0.15, -0.1) is 0 Å². The number of piperidine rings is 1. The van der Waals surface area contributed by atoms with E-state index in [2.05, 4.69) is 19.9 Å². The van der Waals surface area contributed by atoms with Crippen LogP contribution < -0.4 is 5.56 Å². The van der Waals surface area contributed by atoms with Gasteiger partial charge in [0.2, 0.25) is 0 Å². The molecule has 0 spiro atoms. The highest BCUT2D eigenvalue weighted by atomic mass is 16.5. The van der Waals surface area contributed by atoms with Gasteiger partial charge in [-0.3, -0.25) is 9.36 Å². The van der Waals surface area contributed by atoms with Crippen LogP contribution in [0.25, 0.3) is 11.2 Å². The minimum atomic E-state index is -0.105. The molecule has 2 aromatic rings. The van der Waals surface area contributed by atoms with Crippen LogP contribution >= 0.6 is 0 Å². The van der Waals surface area contributed by atoms with E-state index in [1.165, 1.54) is 6.20 Å². The van der Waals surface area contributed by atoms with Crippen LogP contribution in [0.1, 0.15) is 12.8 Å². The average Bonchev–Trinajstić information content (AvgIpc) is 2.56. The van der Waals surface area contributed by atoms with Crippen LogP contribution in [0.3, 0.4) is 0 Å². The van der Waals surface area contributed by atoms with Crippen molar-refractivity contribution in [3.8, 4) is 0 Å². The van der Waals surface area contributed by atoms with Gasteiger partial charge in [-0.25, -0.2) is 15.0 Å². The quantitative estimate of drug-likeness (QED) is 0.803. The topological polar surface area (TPSA) is 73.1 Å². The van der Waals surface area contributed by atoms with E-state index in [0.29, 0.717) is 23.6 Å². The molecule has 0 N–H and O–H groups in total. The van der Waals surface area contributed by atoms with E-state index in [1.54, 1.807) is 24.2 Å². The van der Waals surface area contributed by atoms with Gasteiger partial charge in [0.1, 0.15) is 6.33 Å². The summed E-state index contributed by atoms with van der Waals surface area (Å²) in [6.45, 7) is 4.48. The van der Waals surface area contributed by atoms with E-state index in [0.717, 1.165) is 39.1 Å². The third-order valence-corrected chi connectivity index (χ3v) is 4.13. The molecule has 1 fully saturated rings. The molecule has 2 aromatic heterocycles. The van der Waals surface area contributed by atoms with Crippen molar-refractivity contribution in [3.05, 3.63) is 29.1 Å². The zero-order valence-electron chi connectivity index (χ0n) is 12.8. The molecule has 22 heavy (non-hydrogen) atoms. The number of rotatable bonds is 5. The number of fused-ring (bicyclic) bond motifs is 1. The second-order valence-corrected chi connectivity index (χ2v) is 5.73. The van der Waals surface area contributed by atoms with Crippen molar-refractivity contribution in [1.29, 1.82) is 0 Å². The fraction of sp³-hybridized carbons (Fsp3) is 0.600. The van der Waals surface area contributed by atoms with E-state index < -0.39 is 0 Å². The molecular weight excluding hydrogens is 282 g/mol. The summed E-state index contributed by atoms with van der Waals surface area (Å²) < 4.78 is 6.81. The zero-order chi connectivity index (χ0) is 15.4. The van der Waals surface area contributed by atoms with Crippen molar-refractivity contribution in [1.82, 2.24) is 24.4 Å². The predicted molar refractivity (Wildman–Crippen MR) is 82.6 cm³/mol. The van der Waals surface area contributed by atoms with Gasteiger partial charge < -0.3 is 9.64 Å². The van der Waals surface area contributed by atoms with E-state index in [1.807, 2.05) is 0 Å². The molecule has 7 heteroatoms. The lowest BCUT2D eigenvalue weighted by molar-refractivity contribution is 0.109. The first-order valence-corrected chi connectivity index (χ1v) is 7.65. The van der Waals surface area contributed by atoms with E-state index in [4.69, 9.17) is 4.74 Å². The molecule has 0 aromatic carbocycles. The summed E-state index contributed by atoms with van der Waals surface area (Å²) in [5.41, 5.74) is 0.651. The van der Waals surface area contributed by atoms with Crippen LogP contribution in [-0.4, -0.2) is 57.8 Å². The van der Waals surface area contributed by atoms with Crippen molar-refractivity contribution < 1.29 is 4.74 Å². The summed E-state index contributed by atoms with van der Waals surface area (Å²) >= 11 is 0. The Morgan fingerprint density at radius 3 is 3.05 bits per heavy atom. The Hall–Kier alpha value is -1.86. The monoisotopic (exact) mass is 303 g/mol. The van der Waals surface area contributed by atoms with Gasteiger partial charge in [0, 0.05) is 39.1 Å². The Labute approximate surface area is 129 Å². The lowest BCUT2D eigenvalue weighted by Gasteiger charge is -2.32. The molecule has 7 nitrogen and oxygen atoms in total. The predicted octanol–water partition coefficient (Wildman–Crippen LogP) is 0.545. The molecule has 1 aliphatic rings. The Kier molecular flexibility index (Phi) is 4.74. The number of hydrogen-bond acceptors (Lipinski definition) is 6. The molecule has 0 amide bonds. The molecule has 0 unspecified atom stereocenters. The van der Waals surface area contributed by atoms with Gasteiger partial charge in [0.05, 0.1) is 6.61 Å². The highest BCUT2D eigenvalue weighted by Gasteiger charge is 2.20. The van der Waals surface area contributed by atoms with E-state index >= 15 is 0 Å². The van der Waals surface area contributed by atoms with Gasteiger partial charge >= 0.3 is 0 Å². The minimum Gasteiger partial charge on any atom is -0.383 e. The standard InChI is InChI=1S/C15H21N5O2/c1-22-8-7-19-6-2-3-12(9-19)10-20-11-18-14-13(15(20)21)16-4-5-17-14/h4-5,11-12H,2-3,6-10H2,1H3/t12-/m0/s1. The van der Waals surface area contributed by atoms with Crippen molar-refractivity contribution >= 4 is 11.2 Å². The summed E-state index contributed by atoms with van der Waals surface area (Å²) in [7, 11) is 1.72. The summed E-state index contributed by atoms with van der Waals surface area (Å²) in [6, 6.07) is 0. The third-order valence-electron chi connectivity index (χ3n) is 4.13. The second kappa shape index (κ2) is 6.93. The maximum Gasteiger partial charge on any atom is 0.281 e. The normalized spacial score (nSPS) is 19.6. The Balaban J connectivity index is 1.73. The highest BCUT2D eigenvalue weighted by molar-refractivity contribution is 5.66. The summed E-state index contributed by atoms with van der Waals surface area (Å²) in [4.78, 5) is 27.2. The van der Waals surface area contributed by atoms with Crippen LogP contribution in [0.2, 0.25) is 0 Å². The number of ether oxygens (including phenoxy) is 1. The highest BCUT2D eigenvalue weighted by Crippen LogP contribution is 2.17. The lowest BCUT2D eigenvalue weighted by Crippen LogP contribution is -2.40. The Morgan fingerprint density at radius 1 is 1.32 bits per heavy atom. The molecule has 0 radical (unpaired) electrons. The molecule has 0 bridgehead atoms. The molecule has 118 valence electrons. The van der Waals surface area contributed by atoms with Crippen LogP contribution in [-0.2, 0) is 11.3 Å². The molecule has 1 saturated heterocycles. The van der Waals surface area contributed by atoms with Crippen molar-refractivity contribution in [2.45, 2.75) is 19.4 Å². The van der Waals surface area contributed by atoms with Crippen LogP contribution in [0, 0.1) is 5.92 Å². The fourth-order valence-electron chi connectivity index (χ4n) is 3.02. The minimum absolute atomic E-state index is 0.105. The number of nitrogens with zero attached hydrogens (tertiary/aromatic N) is 5. The number of hydrogen-bond donors (Lipinski definition) is 0. The lowest BCUT2D eigenvalue weighted by atomic mass is 9.98. The number of methoxy groups -OCH3 is 1. The SMILES string of the molecule is COCCN1CCC[C@H](Cn2cnc3nccnc3c2=O)C1. The average molecular weight is 303 g/mol. The molecule has 1 atom stereocenters. The number of aromatic nitrogens is 4.